The van der Waals surface area contributed by atoms with Gasteiger partial charge in [-0.05, 0) is 44.2 Å². The van der Waals surface area contributed by atoms with E-state index in [1.165, 1.54) is 4.70 Å². The molecule has 0 unspecified atom stereocenters. The van der Waals surface area contributed by atoms with Crippen LogP contribution in [0.3, 0.4) is 0 Å². The van der Waals surface area contributed by atoms with Gasteiger partial charge >= 0.3 is 0 Å². The Hall–Kier alpha value is -2.15. The molecule has 138 valence electrons. The summed E-state index contributed by atoms with van der Waals surface area (Å²) < 4.78 is 1.17. The second-order valence-electron chi connectivity index (χ2n) is 7.10. The number of nitrogens with zero attached hydrogens (tertiary/aromatic N) is 2. The molecule has 7 heteroatoms. The molecule has 2 aliphatic heterocycles. The van der Waals surface area contributed by atoms with Crippen LogP contribution in [-0.4, -0.2) is 42.5 Å². The molecule has 3 heterocycles. The van der Waals surface area contributed by atoms with E-state index < -0.39 is 0 Å². The van der Waals surface area contributed by atoms with Crippen LogP contribution in [0.15, 0.2) is 24.3 Å². The van der Waals surface area contributed by atoms with E-state index in [4.69, 9.17) is 4.98 Å². The van der Waals surface area contributed by atoms with Crippen LogP contribution in [0.1, 0.15) is 32.1 Å². The summed E-state index contributed by atoms with van der Waals surface area (Å²) in [5, 5.41) is 6.84. The van der Waals surface area contributed by atoms with Gasteiger partial charge in [0.15, 0.2) is 5.13 Å². The third-order valence-electron chi connectivity index (χ3n) is 5.20. The molecule has 1 aromatic heterocycles. The van der Waals surface area contributed by atoms with Gasteiger partial charge in [-0.3, -0.25) is 9.59 Å². The smallest absolute Gasteiger partial charge is 0.242 e. The fourth-order valence-corrected chi connectivity index (χ4v) is 4.73. The number of piperidine rings is 1. The molecule has 0 bridgehead atoms. The van der Waals surface area contributed by atoms with Crippen LogP contribution in [0.5, 0.6) is 0 Å². The molecule has 26 heavy (non-hydrogen) atoms. The van der Waals surface area contributed by atoms with Crippen LogP contribution in [-0.2, 0) is 9.59 Å². The van der Waals surface area contributed by atoms with Gasteiger partial charge in [0.05, 0.1) is 16.1 Å². The third kappa shape index (κ3) is 3.67. The number of carbonyl (C=O) groups excluding carboxylic acids is 2. The van der Waals surface area contributed by atoms with Crippen molar-refractivity contribution in [2.45, 2.75) is 38.1 Å². The van der Waals surface area contributed by atoms with E-state index in [1.54, 1.807) is 11.3 Å². The van der Waals surface area contributed by atoms with Gasteiger partial charge in [-0.1, -0.05) is 23.5 Å². The molecule has 1 aromatic carbocycles. The van der Waals surface area contributed by atoms with Crippen molar-refractivity contribution >= 4 is 38.5 Å². The minimum atomic E-state index is -0.386. The molecular formula is C19H24N4O2S. The van der Waals surface area contributed by atoms with Gasteiger partial charge in [-0.2, -0.15) is 0 Å². The van der Waals surface area contributed by atoms with Gasteiger partial charge < -0.3 is 15.5 Å². The van der Waals surface area contributed by atoms with Gasteiger partial charge in [-0.25, -0.2) is 4.98 Å². The number of carbonyl (C=O) groups is 2. The third-order valence-corrected chi connectivity index (χ3v) is 6.29. The summed E-state index contributed by atoms with van der Waals surface area (Å²) in [6, 6.07) is 7.73. The first-order valence-corrected chi connectivity index (χ1v) is 10.2. The predicted molar refractivity (Wildman–Crippen MR) is 103 cm³/mol. The first kappa shape index (κ1) is 17.3. The average molecular weight is 372 g/mol. The summed E-state index contributed by atoms with van der Waals surface area (Å²) in [5.41, 5.74) is 1.01. The number of para-hydroxylation sites is 1. The van der Waals surface area contributed by atoms with Crippen LogP contribution < -0.4 is 15.5 Å². The lowest BCUT2D eigenvalue weighted by atomic mass is 9.96. The van der Waals surface area contributed by atoms with Crippen LogP contribution in [0.4, 0.5) is 5.13 Å². The first-order valence-electron chi connectivity index (χ1n) is 9.39. The lowest BCUT2D eigenvalue weighted by molar-refractivity contribution is -0.131. The van der Waals surface area contributed by atoms with Gasteiger partial charge in [-0.15, -0.1) is 0 Å². The Balaban J connectivity index is 1.42. The molecule has 0 saturated carbocycles. The van der Waals surface area contributed by atoms with Crippen molar-refractivity contribution in [1.82, 2.24) is 15.6 Å². The highest BCUT2D eigenvalue weighted by molar-refractivity contribution is 7.22. The summed E-state index contributed by atoms with van der Waals surface area (Å²) in [6.07, 6.45) is 4.50. The van der Waals surface area contributed by atoms with Crippen LogP contribution >= 0.6 is 11.3 Å². The van der Waals surface area contributed by atoms with Gasteiger partial charge in [0.1, 0.15) is 6.04 Å². The largest absolute Gasteiger partial charge is 0.354 e. The maximum atomic E-state index is 12.7. The Bertz CT molecular complexity index is 773. The first-order chi connectivity index (χ1) is 12.7. The Morgan fingerprint density at radius 1 is 1.23 bits per heavy atom. The Labute approximate surface area is 157 Å². The van der Waals surface area contributed by atoms with E-state index in [9.17, 15) is 9.59 Å². The number of hydrogen-bond acceptors (Lipinski definition) is 5. The zero-order valence-electron chi connectivity index (χ0n) is 14.7. The van der Waals surface area contributed by atoms with Crippen molar-refractivity contribution in [2.75, 3.05) is 24.5 Å². The van der Waals surface area contributed by atoms with E-state index in [0.717, 1.165) is 49.3 Å². The number of rotatable bonds is 3. The van der Waals surface area contributed by atoms with Crippen molar-refractivity contribution < 1.29 is 9.59 Å². The molecule has 2 N–H and O–H groups in total. The molecule has 2 aromatic rings. The second-order valence-corrected chi connectivity index (χ2v) is 8.11. The molecular weight excluding hydrogens is 348 g/mol. The molecule has 0 radical (unpaired) electrons. The number of hydrogen-bond donors (Lipinski definition) is 2. The fourth-order valence-electron chi connectivity index (χ4n) is 3.73. The van der Waals surface area contributed by atoms with Crippen molar-refractivity contribution in [3.8, 4) is 0 Å². The number of aromatic nitrogens is 1. The minimum Gasteiger partial charge on any atom is -0.354 e. The number of fused-ring (bicyclic) bond motifs is 1. The number of anilines is 1. The predicted octanol–water partition coefficient (Wildman–Crippen LogP) is 2.30. The highest BCUT2D eigenvalue weighted by atomic mass is 32.1. The number of thiazole rings is 1. The van der Waals surface area contributed by atoms with Crippen LogP contribution in [0.25, 0.3) is 10.2 Å². The van der Waals surface area contributed by atoms with Gasteiger partial charge in [0, 0.05) is 19.6 Å². The summed E-state index contributed by atoms with van der Waals surface area (Å²) >= 11 is 1.68. The zero-order valence-corrected chi connectivity index (χ0v) is 15.6. The van der Waals surface area contributed by atoms with Crippen LogP contribution in [0, 0.1) is 5.92 Å². The summed E-state index contributed by atoms with van der Waals surface area (Å²) in [5.74, 6) is -0.139. The molecule has 2 saturated heterocycles. The summed E-state index contributed by atoms with van der Waals surface area (Å²) in [6.45, 7) is 2.30. The zero-order chi connectivity index (χ0) is 17.9. The Kier molecular flexibility index (Phi) is 5.06. The summed E-state index contributed by atoms with van der Waals surface area (Å²) in [4.78, 5) is 31.7. The Morgan fingerprint density at radius 3 is 3.00 bits per heavy atom. The second kappa shape index (κ2) is 7.61. The minimum absolute atomic E-state index is 0.00198. The summed E-state index contributed by atoms with van der Waals surface area (Å²) in [7, 11) is 0. The van der Waals surface area contributed by atoms with E-state index >= 15 is 0 Å². The normalized spacial score (nSPS) is 24.2. The van der Waals surface area contributed by atoms with Gasteiger partial charge in [0.25, 0.3) is 0 Å². The molecule has 4 rings (SSSR count). The molecule has 2 fully saturated rings. The highest BCUT2D eigenvalue weighted by Gasteiger charge is 2.30. The monoisotopic (exact) mass is 372 g/mol. The lowest BCUT2D eigenvalue weighted by Crippen LogP contribution is -2.50. The molecule has 2 atom stereocenters. The molecule has 6 nitrogen and oxygen atoms in total. The van der Waals surface area contributed by atoms with Crippen molar-refractivity contribution in [3.63, 3.8) is 0 Å². The maximum absolute atomic E-state index is 12.7. The van der Waals surface area contributed by atoms with Crippen molar-refractivity contribution in [1.29, 1.82) is 0 Å². The number of benzene rings is 1. The molecule has 2 aliphatic rings. The van der Waals surface area contributed by atoms with Crippen molar-refractivity contribution in [3.05, 3.63) is 24.3 Å². The average Bonchev–Trinajstić information content (AvgIpc) is 3.01. The fraction of sp³-hybridized carbons (Fsp3) is 0.526. The molecule has 0 spiro atoms. The maximum Gasteiger partial charge on any atom is 0.242 e. The van der Waals surface area contributed by atoms with Crippen molar-refractivity contribution in [2.24, 2.45) is 5.92 Å². The number of nitrogens with one attached hydrogen (secondary N) is 2. The standard InChI is InChI=1S/C19H24N4O2S/c24-17(21-15-8-3-4-10-20-18(15)25)13-6-5-11-23(12-13)19-22-14-7-1-2-9-16(14)26-19/h1-2,7,9,13,15H,3-6,8,10-12H2,(H,20,25)(H,21,24)/t13-,15-/m1/s1. The lowest BCUT2D eigenvalue weighted by Gasteiger charge is -2.32. The number of amides is 2. The van der Waals surface area contributed by atoms with E-state index in [2.05, 4.69) is 21.6 Å². The highest BCUT2D eigenvalue weighted by Crippen LogP contribution is 2.31. The van der Waals surface area contributed by atoms with E-state index in [0.29, 0.717) is 13.1 Å². The molecule has 0 aliphatic carbocycles. The van der Waals surface area contributed by atoms with E-state index in [-0.39, 0.29) is 23.8 Å². The Morgan fingerprint density at radius 2 is 2.12 bits per heavy atom. The van der Waals surface area contributed by atoms with Gasteiger partial charge in [0.2, 0.25) is 11.8 Å². The van der Waals surface area contributed by atoms with Crippen LogP contribution in [0.2, 0.25) is 0 Å². The molecule has 2 amide bonds. The van der Waals surface area contributed by atoms with E-state index in [1.807, 2.05) is 18.2 Å². The SMILES string of the molecule is O=C(N[C@@H]1CCCCNC1=O)[C@@H]1CCCN(c2nc3ccccc3s2)C1. The topological polar surface area (TPSA) is 74.3 Å². The quantitative estimate of drug-likeness (QED) is 0.867.